The topological polar surface area (TPSA) is 77.7 Å². The molecule has 0 bridgehead atoms. The van der Waals surface area contributed by atoms with Gasteiger partial charge in [0.2, 0.25) is 0 Å². The number of piperidine rings is 1. The van der Waals surface area contributed by atoms with E-state index in [9.17, 15) is 4.79 Å². The van der Waals surface area contributed by atoms with Gasteiger partial charge >= 0.3 is 0 Å². The van der Waals surface area contributed by atoms with Gasteiger partial charge in [0.15, 0.2) is 5.82 Å². The van der Waals surface area contributed by atoms with Gasteiger partial charge < -0.3 is 18.9 Å². The van der Waals surface area contributed by atoms with E-state index in [1.54, 1.807) is 7.11 Å². The molecule has 1 spiro atoms. The molecule has 2 aromatic rings. The Hall–Kier alpha value is -2.25. The summed E-state index contributed by atoms with van der Waals surface area (Å²) in [5.74, 6) is 1.86. The van der Waals surface area contributed by atoms with Crippen molar-refractivity contribution in [2.24, 2.45) is 5.92 Å². The fraction of sp³-hybridized carbons (Fsp3) is 0.609. The molecule has 2 saturated heterocycles. The van der Waals surface area contributed by atoms with Crippen LogP contribution in [0.5, 0.6) is 0 Å². The summed E-state index contributed by atoms with van der Waals surface area (Å²) in [4.78, 5) is 19.4. The lowest BCUT2D eigenvalue weighted by Gasteiger charge is -2.46. The summed E-state index contributed by atoms with van der Waals surface area (Å²) in [7, 11) is 1.61. The molecule has 1 amide bonds. The maximum atomic E-state index is 13.0. The number of rotatable bonds is 5. The summed E-state index contributed by atoms with van der Waals surface area (Å²) in [6.07, 6.45) is 4.53. The van der Waals surface area contributed by atoms with Crippen molar-refractivity contribution in [1.29, 1.82) is 0 Å². The highest BCUT2D eigenvalue weighted by Gasteiger charge is 2.41. The Morgan fingerprint density at radius 2 is 1.97 bits per heavy atom. The summed E-state index contributed by atoms with van der Waals surface area (Å²) in [5, 5.41) is 4.09. The molecular formula is C23H31N3O4. The Morgan fingerprint density at radius 3 is 2.67 bits per heavy atom. The van der Waals surface area contributed by atoms with E-state index in [-0.39, 0.29) is 11.5 Å². The monoisotopic (exact) mass is 413 g/mol. The van der Waals surface area contributed by atoms with Gasteiger partial charge in [-0.15, -0.1) is 0 Å². The summed E-state index contributed by atoms with van der Waals surface area (Å²) < 4.78 is 16.5. The number of hydrogen-bond donors (Lipinski definition) is 0. The Labute approximate surface area is 177 Å². The van der Waals surface area contributed by atoms with Gasteiger partial charge in [0.05, 0.1) is 5.60 Å². The van der Waals surface area contributed by atoms with Crippen LogP contribution in [0, 0.1) is 19.8 Å². The number of methoxy groups -OCH3 is 1. The van der Waals surface area contributed by atoms with Gasteiger partial charge in [-0.2, -0.15) is 4.98 Å². The number of benzene rings is 1. The molecule has 0 saturated carbocycles. The van der Waals surface area contributed by atoms with Crippen molar-refractivity contribution in [3.8, 4) is 0 Å². The van der Waals surface area contributed by atoms with Crippen LogP contribution in [-0.2, 0) is 22.5 Å². The Morgan fingerprint density at radius 1 is 1.23 bits per heavy atom. The van der Waals surface area contributed by atoms with Crippen LogP contribution in [0.1, 0.15) is 58.9 Å². The average molecular weight is 414 g/mol. The van der Waals surface area contributed by atoms with E-state index in [0.717, 1.165) is 74.3 Å². The fourth-order valence-electron chi connectivity index (χ4n) is 4.86. The number of aryl methyl sites for hydroxylation is 2. The van der Waals surface area contributed by atoms with E-state index in [1.807, 2.05) is 30.9 Å². The first-order valence-corrected chi connectivity index (χ1v) is 10.8. The van der Waals surface area contributed by atoms with Crippen molar-refractivity contribution in [3.05, 3.63) is 46.6 Å². The maximum absolute atomic E-state index is 13.0. The predicted octanol–water partition coefficient (Wildman–Crippen LogP) is 3.48. The average Bonchev–Trinajstić information content (AvgIpc) is 3.15. The number of nitrogens with zero attached hydrogens (tertiary/aromatic N) is 3. The minimum atomic E-state index is -0.138. The number of hydrogen-bond acceptors (Lipinski definition) is 6. The standard InChI is InChI=1S/C23H31N3O4/c1-16-10-17(2)12-19(11-16)22(27)26-7-5-23(6-8-26)14-18(4-9-29-23)13-20-24-21(15-28-3)30-25-20/h10-12,18H,4-9,13-15H2,1-3H3. The zero-order valence-electron chi connectivity index (χ0n) is 18.1. The molecule has 1 aromatic heterocycles. The van der Waals surface area contributed by atoms with Crippen LogP contribution in [-0.4, -0.2) is 53.4 Å². The second kappa shape index (κ2) is 8.86. The molecule has 2 fully saturated rings. The van der Waals surface area contributed by atoms with Gasteiger partial charge in [-0.25, -0.2) is 0 Å². The highest BCUT2D eigenvalue weighted by molar-refractivity contribution is 5.94. The lowest BCUT2D eigenvalue weighted by Crippen LogP contribution is -2.51. The smallest absolute Gasteiger partial charge is 0.253 e. The number of likely N-dealkylation sites (tertiary alicyclic amines) is 1. The zero-order valence-corrected chi connectivity index (χ0v) is 18.1. The number of aromatic nitrogens is 2. The lowest BCUT2D eigenvalue weighted by atomic mass is 9.78. The van der Waals surface area contributed by atoms with Gasteiger partial charge in [0.1, 0.15) is 6.61 Å². The highest BCUT2D eigenvalue weighted by Crippen LogP contribution is 2.39. The molecule has 2 aliphatic rings. The summed E-state index contributed by atoms with van der Waals surface area (Å²) in [5.41, 5.74) is 2.90. The van der Waals surface area contributed by atoms with Gasteiger partial charge in [-0.3, -0.25) is 4.79 Å². The second-order valence-corrected chi connectivity index (χ2v) is 8.80. The first-order chi connectivity index (χ1) is 14.5. The molecule has 30 heavy (non-hydrogen) atoms. The lowest BCUT2D eigenvalue weighted by molar-refractivity contribution is -0.123. The number of carbonyl (C=O) groups is 1. The number of ether oxygens (including phenoxy) is 2. The molecule has 3 heterocycles. The zero-order chi connectivity index (χ0) is 21.1. The molecule has 2 aliphatic heterocycles. The van der Waals surface area contributed by atoms with E-state index in [1.165, 1.54) is 0 Å². The van der Waals surface area contributed by atoms with E-state index in [2.05, 4.69) is 16.2 Å². The third-order valence-electron chi connectivity index (χ3n) is 6.27. The normalized spacial score (nSPS) is 21.2. The molecule has 0 N–H and O–H groups in total. The highest BCUT2D eigenvalue weighted by atomic mass is 16.5. The van der Waals surface area contributed by atoms with Gasteiger partial charge in [0, 0.05) is 38.8 Å². The summed E-state index contributed by atoms with van der Waals surface area (Å²) in [6.45, 7) is 6.63. The van der Waals surface area contributed by atoms with Crippen molar-refractivity contribution in [2.75, 3.05) is 26.8 Å². The van der Waals surface area contributed by atoms with Gasteiger partial charge in [-0.05, 0) is 57.6 Å². The van der Waals surface area contributed by atoms with Crippen LogP contribution >= 0.6 is 0 Å². The fourth-order valence-corrected chi connectivity index (χ4v) is 4.86. The van der Waals surface area contributed by atoms with Crippen LogP contribution in [0.25, 0.3) is 0 Å². The van der Waals surface area contributed by atoms with Crippen molar-refractivity contribution >= 4 is 5.91 Å². The molecule has 1 atom stereocenters. The van der Waals surface area contributed by atoms with Crippen LogP contribution in [0.3, 0.4) is 0 Å². The van der Waals surface area contributed by atoms with Crippen molar-refractivity contribution in [3.63, 3.8) is 0 Å². The second-order valence-electron chi connectivity index (χ2n) is 8.80. The SMILES string of the molecule is COCc1nc(CC2CCOC3(CCN(C(=O)c4cc(C)cc(C)c4)CC3)C2)no1. The van der Waals surface area contributed by atoms with E-state index >= 15 is 0 Å². The number of carbonyl (C=O) groups excluding carboxylic acids is 1. The molecule has 4 rings (SSSR count). The van der Waals surface area contributed by atoms with E-state index < -0.39 is 0 Å². The van der Waals surface area contributed by atoms with E-state index in [4.69, 9.17) is 14.0 Å². The van der Waals surface area contributed by atoms with Crippen LogP contribution < -0.4 is 0 Å². The molecule has 162 valence electrons. The molecule has 0 radical (unpaired) electrons. The quantitative estimate of drug-likeness (QED) is 0.747. The first kappa shape index (κ1) is 21.0. The maximum Gasteiger partial charge on any atom is 0.253 e. The largest absolute Gasteiger partial charge is 0.375 e. The molecule has 0 aliphatic carbocycles. The van der Waals surface area contributed by atoms with E-state index in [0.29, 0.717) is 18.4 Å². The Bertz CT molecular complexity index is 866. The molecule has 1 aromatic carbocycles. The van der Waals surface area contributed by atoms with Crippen LogP contribution in [0.2, 0.25) is 0 Å². The minimum absolute atomic E-state index is 0.126. The third-order valence-corrected chi connectivity index (χ3v) is 6.27. The third kappa shape index (κ3) is 4.73. The van der Waals surface area contributed by atoms with Crippen molar-refractivity contribution < 1.29 is 18.8 Å². The molecule has 7 heteroatoms. The Kier molecular flexibility index (Phi) is 6.20. The molecular weight excluding hydrogens is 382 g/mol. The summed E-state index contributed by atoms with van der Waals surface area (Å²) >= 11 is 0. The van der Waals surface area contributed by atoms with Crippen LogP contribution in [0.15, 0.2) is 22.7 Å². The number of amides is 1. The Balaban J connectivity index is 1.35. The predicted molar refractivity (Wildman–Crippen MR) is 111 cm³/mol. The molecule has 7 nitrogen and oxygen atoms in total. The van der Waals surface area contributed by atoms with Gasteiger partial charge in [0.25, 0.3) is 11.8 Å². The minimum Gasteiger partial charge on any atom is -0.375 e. The molecule has 1 unspecified atom stereocenters. The first-order valence-electron chi connectivity index (χ1n) is 10.8. The summed E-state index contributed by atoms with van der Waals surface area (Å²) in [6, 6.07) is 6.06. The van der Waals surface area contributed by atoms with Crippen LogP contribution in [0.4, 0.5) is 0 Å². The van der Waals surface area contributed by atoms with Crippen molar-refractivity contribution in [1.82, 2.24) is 15.0 Å². The van der Waals surface area contributed by atoms with Crippen molar-refractivity contribution in [2.45, 2.75) is 58.2 Å². The van der Waals surface area contributed by atoms with Gasteiger partial charge in [-0.1, -0.05) is 22.3 Å².